The summed E-state index contributed by atoms with van der Waals surface area (Å²) in [6.07, 6.45) is 4.79. The Bertz CT molecular complexity index is 917. The molecular formula is C18H17ClN4O. The summed E-state index contributed by atoms with van der Waals surface area (Å²) in [7, 11) is 0. The van der Waals surface area contributed by atoms with Gasteiger partial charge in [-0.15, -0.1) is 5.10 Å². The lowest BCUT2D eigenvalue weighted by atomic mass is 9.82. The lowest BCUT2D eigenvalue weighted by Crippen LogP contribution is -2.21. The van der Waals surface area contributed by atoms with E-state index in [2.05, 4.69) is 22.0 Å². The quantitative estimate of drug-likeness (QED) is 0.730. The van der Waals surface area contributed by atoms with Crippen LogP contribution in [0.2, 0.25) is 5.02 Å². The zero-order valence-corrected chi connectivity index (χ0v) is 14.1. The Morgan fingerprint density at radius 2 is 2.00 bits per heavy atom. The predicted octanol–water partition coefficient (Wildman–Crippen LogP) is 3.64. The first-order valence-electron chi connectivity index (χ1n) is 8.18. The van der Waals surface area contributed by atoms with Gasteiger partial charge in [0.15, 0.2) is 11.6 Å². The molecule has 0 unspecified atom stereocenters. The van der Waals surface area contributed by atoms with E-state index >= 15 is 0 Å². The van der Waals surface area contributed by atoms with E-state index in [1.165, 1.54) is 0 Å². The second-order valence-corrected chi connectivity index (χ2v) is 6.64. The fourth-order valence-corrected chi connectivity index (χ4v) is 3.35. The van der Waals surface area contributed by atoms with Crippen molar-refractivity contribution in [2.24, 2.45) is 0 Å². The Morgan fingerprint density at radius 1 is 1.21 bits per heavy atom. The number of halogens is 1. The number of benzene rings is 1. The van der Waals surface area contributed by atoms with Crippen LogP contribution in [0.1, 0.15) is 53.1 Å². The van der Waals surface area contributed by atoms with Crippen molar-refractivity contribution >= 4 is 23.2 Å². The number of carbonyl (C=O) groups is 1. The third-order valence-corrected chi connectivity index (χ3v) is 4.69. The molecule has 2 aromatic heterocycles. The number of hydrogen-bond donors (Lipinski definition) is 0. The van der Waals surface area contributed by atoms with Crippen LogP contribution in [0.4, 0.5) is 0 Å². The van der Waals surface area contributed by atoms with E-state index in [0.717, 1.165) is 36.3 Å². The molecule has 1 atom stereocenters. The molecule has 0 radical (unpaired) electrons. The first-order valence-corrected chi connectivity index (χ1v) is 8.55. The monoisotopic (exact) mass is 340 g/mol. The van der Waals surface area contributed by atoms with E-state index in [0.29, 0.717) is 22.8 Å². The maximum atomic E-state index is 12.6. The second kappa shape index (κ2) is 5.98. The molecule has 0 aliphatic heterocycles. The van der Waals surface area contributed by atoms with Crippen molar-refractivity contribution in [3.63, 3.8) is 0 Å². The molecule has 1 aliphatic carbocycles. The number of nitrogens with zero attached hydrogens (tertiary/aromatic N) is 4. The average molecular weight is 341 g/mol. The number of Topliss-reactive ketones (excluding diaryl/α,β-unsaturated/α-hetero) is 1. The number of hydrogen-bond acceptors (Lipinski definition) is 4. The minimum atomic E-state index is 0.109. The summed E-state index contributed by atoms with van der Waals surface area (Å²) in [6, 6.07) is 7.70. The van der Waals surface area contributed by atoms with Crippen molar-refractivity contribution in [3.8, 4) is 0 Å². The molecular weight excluding hydrogens is 324 g/mol. The van der Waals surface area contributed by atoms with Crippen LogP contribution in [0, 0.1) is 0 Å². The molecule has 0 saturated heterocycles. The highest BCUT2D eigenvalue weighted by Crippen LogP contribution is 2.32. The fourth-order valence-electron chi connectivity index (χ4n) is 3.23. The summed E-state index contributed by atoms with van der Waals surface area (Å²) in [5.41, 5.74) is 2.60. The smallest absolute Gasteiger partial charge is 0.252 e. The van der Waals surface area contributed by atoms with E-state index in [9.17, 15) is 4.79 Å². The topological polar surface area (TPSA) is 60.1 Å². The molecule has 122 valence electrons. The lowest BCUT2D eigenvalue weighted by Gasteiger charge is -2.23. The third-order valence-electron chi connectivity index (χ3n) is 4.44. The van der Waals surface area contributed by atoms with Crippen molar-refractivity contribution in [2.75, 3.05) is 0 Å². The first-order chi connectivity index (χ1) is 11.6. The summed E-state index contributed by atoms with van der Waals surface area (Å²) in [4.78, 5) is 21.6. The summed E-state index contributed by atoms with van der Waals surface area (Å²) in [5.74, 6) is 1.59. The summed E-state index contributed by atoms with van der Waals surface area (Å²) in [6.45, 7) is 2.09. The Hall–Kier alpha value is -2.27. The predicted molar refractivity (Wildman–Crippen MR) is 91.6 cm³/mol. The van der Waals surface area contributed by atoms with Crippen LogP contribution in [0.25, 0.3) is 5.78 Å². The maximum Gasteiger partial charge on any atom is 0.252 e. The number of aromatic nitrogens is 4. The Morgan fingerprint density at radius 3 is 2.75 bits per heavy atom. The Labute approximate surface area is 144 Å². The molecule has 2 heterocycles. The van der Waals surface area contributed by atoms with Gasteiger partial charge in [0, 0.05) is 24.1 Å². The molecule has 1 aromatic carbocycles. The van der Waals surface area contributed by atoms with Gasteiger partial charge in [-0.2, -0.15) is 4.98 Å². The van der Waals surface area contributed by atoms with Gasteiger partial charge in [0.1, 0.15) is 0 Å². The zero-order valence-electron chi connectivity index (χ0n) is 13.4. The molecule has 6 heteroatoms. The van der Waals surface area contributed by atoms with Crippen LogP contribution in [-0.4, -0.2) is 25.4 Å². The lowest BCUT2D eigenvalue weighted by molar-refractivity contribution is 0.0962. The van der Waals surface area contributed by atoms with Crippen LogP contribution in [-0.2, 0) is 12.8 Å². The summed E-state index contributed by atoms with van der Waals surface area (Å²) in [5, 5.41) is 5.11. The van der Waals surface area contributed by atoms with Gasteiger partial charge >= 0.3 is 0 Å². The van der Waals surface area contributed by atoms with Crippen LogP contribution >= 0.6 is 11.6 Å². The highest BCUT2D eigenvalue weighted by Gasteiger charge is 2.28. The van der Waals surface area contributed by atoms with Gasteiger partial charge in [-0.05, 0) is 36.5 Å². The van der Waals surface area contributed by atoms with Gasteiger partial charge < -0.3 is 0 Å². The number of carbonyl (C=O) groups excluding carboxylic acids is 1. The molecule has 24 heavy (non-hydrogen) atoms. The molecule has 0 fully saturated rings. The van der Waals surface area contributed by atoms with Crippen LogP contribution in [0.3, 0.4) is 0 Å². The van der Waals surface area contributed by atoms with Crippen molar-refractivity contribution in [2.45, 2.75) is 38.5 Å². The number of aryl methyl sites for hydroxylation is 1. The van der Waals surface area contributed by atoms with Gasteiger partial charge in [-0.25, -0.2) is 9.50 Å². The molecule has 0 amide bonds. The van der Waals surface area contributed by atoms with E-state index in [-0.39, 0.29) is 11.7 Å². The minimum absolute atomic E-state index is 0.109. The minimum Gasteiger partial charge on any atom is -0.294 e. The highest BCUT2D eigenvalue weighted by molar-refractivity contribution is 6.30. The van der Waals surface area contributed by atoms with Gasteiger partial charge in [0.05, 0.1) is 11.3 Å². The van der Waals surface area contributed by atoms with Crippen molar-refractivity contribution in [3.05, 3.63) is 58.1 Å². The van der Waals surface area contributed by atoms with E-state index in [4.69, 9.17) is 11.6 Å². The maximum absolute atomic E-state index is 12.6. The van der Waals surface area contributed by atoms with Gasteiger partial charge in [-0.3, -0.25) is 4.79 Å². The van der Waals surface area contributed by atoms with Gasteiger partial charge in [-0.1, -0.05) is 30.7 Å². The molecule has 0 bridgehead atoms. The molecule has 0 spiro atoms. The normalized spacial score (nSPS) is 17.2. The van der Waals surface area contributed by atoms with Gasteiger partial charge in [0.25, 0.3) is 5.78 Å². The molecule has 1 aliphatic rings. The molecule has 4 rings (SSSR count). The molecule has 0 saturated carbocycles. The fraction of sp³-hybridized carbons (Fsp3) is 0.333. The standard InChI is InChI=1S/C18H17ClN4O/c1-2-3-17-21-18-20-15-8-12(11-4-6-13(19)7-5-11)9-16(24)14(15)10-23(18)22-17/h4-7,10,12H,2-3,8-9H2,1H3/t12-/m1/s1. The second-order valence-electron chi connectivity index (χ2n) is 6.20. The average Bonchev–Trinajstić information content (AvgIpc) is 2.95. The van der Waals surface area contributed by atoms with E-state index < -0.39 is 0 Å². The Balaban J connectivity index is 1.72. The van der Waals surface area contributed by atoms with Crippen LogP contribution in [0.15, 0.2) is 30.5 Å². The first kappa shape index (κ1) is 15.3. The van der Waals surface area contributed by atoms with Crippen molar-refractivity contribution in [1.29, 1.82) is 0 Å². The summed E-state index contributed by atoms with van der Waals surface area (Å²) < 4.78 is 1.63. The van der Waals surface area contributed by atoms with Crippen molar-refractivity contribution in [1.82, 2.24) is 19.6 Å². The third kappa shape index (κ3) is 2.69. The molecule has 3 aromatic rings. The molecule has 0 N–H and O–H groups in total. The van der Waals surface area contributed by atoms with E-state index in [1.807, 2.05) is 24.3 Å². The summed E-state index contributed by atoms with van der Waals surface area (Å²) >= 11 is 5.96. The van der Waals surface area contributed by atoms with Crippen LogP contribution < -0.4 is 0 Å². The number of ketones is 1. The highest BCUT2D eigenvalue weighted by atomic mass is 35.5. The Kier molecular flexibility index (Phi) is 3.81. The zero-order chi connectivity index (χ0) is 16.7. The number of rotatable bonds is 3. The van der Waals surface area contributed by atoms with Crippen LogP contribution in [0.5, 0.6) is 0 Å². The largest absolute Gasteiger partial charge is 0.294 e. The van der Waals surface area contributed by atoms with Gasteiger partial charge in [0.2, 0.25) is 0 Å². The number of fused-ring (bicyclic) bond motifs is 2. The van der Waals surface area contributed by atoms with E-state index in [1.54, 1.807) is 10.7 Å². The molecule has 5 nitrogen and oxygen atoms in total. The SMILES string of the molecule is CCCc1nc2nc3c(cn2n1)C(=O)C[C@H](c1ccc(Cl)cc1)C3. The van der Waals surface area contributed by atoms with Crippen molar-refractivity contribution < 1.29 is 4.79 Å².